The van der Waals surface area contributed by atoms with E-state index in [0.717, 1.165) is 45.3 Å². The Hall–Kier alpha value is -7.56. The highest BCUT2D eigenvalue weighted by Gasteiger charge is 2.18. The smallest absolute Gasteiger partial charge is 0.160 e. The second-order valence-corrected chi connectivity index (χ2v) is 15.1. The summed E-state index contributed by atoms with van der Waals surface area (Å²) < 4.78 is 4.79. The standard InChI is InChI=1S/C54H38N4/c1-35-31-40(32-36(2)53(35)48-34-47(38-15-5-3-6-16-38)55-54(56-48)39-17-7-4-8-18-39)37-25-27-41(28-26-37)57-51-24-14-11-21-45(51)46-33-42(29-30-52(46)57)58-49-22-12-9-19-43(49)44-20-10-13-23-50(44)58/h3-34H,1-2H3. The Kier molecular flexibility index (Phi) is 7.90. The van der Waals surface area contributed by atoms with Crippen molar-refractivity contribution in [2.45, 2.75) is 13.8 Å². The number of nitrogens with zero attached hydrogens (tertiary/aromatic N) is 4. The fourth-order valence-corrected chi connectivity index (χ4v) is 8.96. The summed E-state index contributed by atoms with van der Waals surface area (Å²) in [7, 11) is 0. The van der Waals surface area contributed by atoms with Crippen LogP contribution >= 0.6 is 0 Å². The highest BCUT2D eigenvalue weighted by molar-refractivity contribution is 6.12. The molecule has 3 heterocycles. The molecule has 0 bridgehead atoms. The van der Waals surface area contributed by atoms with Gasteiger partial charge in [-0.05, 0) is 90.7 Å². The number of aryl methyl sites for hydroxylation is 2. The van der Waals surface area contributed by atoms with E-state index in [-0.39, 0.29) is 0 Å². The molecule has 58 heavy (non-hydrogen) atoms. The van der Waals surface area contributed by atoms with Gasteiger partial charge in [0.05, 0.1) is 33.5 Å². The molecule has 8 aromatic carbocycles. The molecule has 0 aliphatic rings. The molecule has 4 heteroatoms. The van der Waals surface area contributed by atoms with Gasteiger partial charge >= 0.3 is 0 Å². The molecule has 0 fully saturated rings. The molecule has 4 nitrogen and oxygen atoms in total. The average Bonchev–Trinajstić information content (AvgIpc) is 3.79. The normalized spacial score (nSPS) is 11.6. The van der Waals surface area contributed by atoms with Crippen molar-refractivity contribution >= 4 is 43.6 Å². The summed E-state index contributed by atoms with van der Waals surface area (Å²) in [5, 5.41) is 5.01. The van der Waals surface area contributed by atoms with Gasteiger partial charge in [-0.3, -0.25) is 0 Å². The second kappa shape index (κ2) is 13.6. The lowest BCUT2D eigenvalue weighted by Crippen LogP contribution is -1.99. The monoisotopic (exact) mass is 742 g/mol. The second-order valence-electron chi connectivity index (χ2n) is 15.1. The molecular weight excluding hydrogens is 705 g/mol. The topological polar surface area (TPSA) is 35.6 Å². The van der Waals surface area contributed by atoms with E-state index in [2.05, 4.69) is 193 Å². The number of fused-ring (bicyclic) bond motifs is 6. The van der Waals surface area contributed by atoms with Crippen LogP contribution in [0.4, 0.5) is 0 Å². The summed E-state index contributed by atoms with van der Waals surface area (Å²) in [6.45, 7) is 4.39. The molecule has 0 atom stereocenters. The minimum atomic E-state index is 0.725. The maximum absolute atomic E-state index is 5.14. The molecule has 0 unspecified atom stereocenters. The molecule has 3 aromatic heterocycles. The molecule has 0 aliphatic heterocycles. The third kappa shape index (κ3) is 5.53. The number of aromatic nitrogens is 4. The van der Waals surface area contributed by atoms with Gasteiger partial charge in [0.2, 0.25) is 0 Å². The molecule has 0 saturated carbocycles. The van der Waals surface area contributed by atoms with E-state index in [1.807, 2.05) is 24.3 Å². The van der Waals surface area contributed by atoms with Crippen LogP contribution in [0.25, 0.3) is 100 Å². The van der Waals surface area contributed by atoms with Crippen molar-refractivity contribution in [2.75, 3.05) is 0 Å². The number of hydrogen-bond acceptors (Lipinski definition) is 2. The van der Waals surface area contributed by atoms with Gasteiger partial charge in [-0.2, -0.15) is 0 Å². The van der Waals surface area contributed by atoms with Gasteiger partial charge in [-0.1, -0.05) is 140 Å². The number of para-hydroxylation sites is 3. The van der Waals surface area contributed by atoms with Crippen LogP contribution in [0.1, 0.15) is 11.1 Å². The summed E-state index contributed by atoms with van der Waals surface area (Å²) in [6, 6.07) is 69.4. The molecule has 0 N–H and O–H groups in total. The van der Waals surface area contributed by atoms with E-state index in [4.69, 9.17) is 9.97 Å². The van der Waals surface area contributed by atoms with E-state index in [0.29, 0.717) is 0 Å². The van der Waals surface area contributed by atoms with Crippen molar-refractivity contribution in [3.63, 3.8) is 0 Å². The van der Waals surface area contributed by atoms with E-state index in [1.54, 1.807) is 0 Å². The Bertz CT molecular complexity index is 3200. The van der Waals surface area contributed by atoms with Gasteiger partial charge < -0.3 is 9.13 Å². The molecule has 0 radical (unpaired) electrons. The highest BCUT2D eigenvalue weighted by Crippen LogP contribution is 2.38. The predicted octanol–water partition coefficient (Wildman–Crippen LogP) is 14.0. The lowest BCUT2D eigenvalue weighted by atomic mass is 9.93. The highest BCUT2D eigenvalue weighted by atomic mass is 15.0. The maximum Gasteiger partial charge on any atom is 0.160 e. The van der Waals surface area contributed by atoms with E-state index >= 15 is 0 Å². The Morgan fingerprint density at radius 1 is 0.328 bits per heavy atom. The van der Waals surface area contributed by atoms with Crippen molar-refractivity contribution in [2.24, 2.45) is 0 Å². The third-order valence-corrected chi connectivity index (χ3v) is 11.6. The molecule has 0 spiro atoms. The van der Waals surface area contributed by atoms with Crippen molar-refractivity contribution in [1.82, 2.24) is 19.1 Å². The minimum absolute atomic E-state index is 0.725. The van der Waals surface area contributed by atoms with Crippen LogP contribution in [-0.4, -0.2) is 19.1 Å². The molecule has 0 amide bonds. The number of hydrogen-bond donors (Lipinski definition) is 0. The summed E-state index contributed by atoms with van der Waals surface area (Å²) in [4.78, 5) is 10.2. The van der Waals surface area contributed by atoms with Crippen molar-refractivity contribution in [3.05, 3.63) is 205 Å². The van der Waals surface area contributed by atoms with Gasteiger partial charge in [-0.25, -0.2) is 9.97 Å². The Morgan fingerprint density at radius 2 is 0.793 bits per heavy atom. The van der Waals surface area contributed by atoms with E-state index < -0.39 is 0 Å². The molecule has 11 rings (SSSR count). The number of rotatable bonds is 6. The molecule has 274 valence electrons. The number of benzene rings is 8. The largest absolute Gasteiger partial charge is 0.309 e. The van der Waals surface area contributed by atoms with Gasteiger partial charge in [-0.15, -0.1) is 0 Å². The van der Waals surface area contributed by atoms with Crippen LogP contribution in [0.15, 0.2) is 194 Å². The van der Waals surface area contributed by atoms with Crippen LogP contribution in [-0.2, 0) is 0 Å². The Balaban J connectivity index is 0.981. The van der Waals surface area contributed by atoms with Crippen LogP contribution in [0.3, 0.4) is 0 Å². The molecule has 0 saturated heterocycles. The summed E-state index contributed by atoms with van der Waals surface area (Å²) in [5.74, 6) is 0.725. The minimum Gasteiger partial charge on any atom is -0.309 e. The zero-order valence-electron chi connectivity index (χ0n) is 32.3. The van der Waals surface area contributed by atoms with Gasteiger partial charge in [0, 0.05) is 49.6 Å². The quantitative estimate of drug-likeness (QED) is 0.170. The lowest BCUT2D eigenvalue weighted by molar-refractivity contribution is 1.16. The summed E-state index contributed by atoms with van der Waals surface area (Å²) >= 11 is 0. The first kappa shape index (κ1) is 33.8. The zero-order chi connectivity index (χ0) is 38.7. The SMILES string of the molecule is Cc1cc(-c2ccc(-n3c4ccccc4c4cc(-n5c6ccccc6c6ccccc65)ccc43)cc2)cc(C)c1-c1cc(-c2ccccc2)nc(-c2ccccc2)n1. The first-order valence-corrected chi connectivity index (χ1v) is 19.8. The van der Waals surface area contributed by atoms with Crippen LogP contribution in [0.5, 0.6) is 0 Å². The van der Waals surface area contributed by atoms with Crippen LogP contribution in [0.2, 0.25) is 0 Å². The van der Waals surface area contributed by atoms with Gasteiger partial charge in [0.25, 0.3) is 0 Å². The first-order valence-electron chi connectivity index (χ1n) is 19.8. The fourth-order valence-electron chi connectivity index (χ4n) is 8.96. The molecular formula is C54H38N4. The fraction of sp³-hybridized carbons (Fsp3) is 0.0370. The zero-order valence-corrected chi connectivity index (χ0v) is 32.3. The Labute approximate surface area is 337 Å². The lowest BCUT2D eigenvalue weighted by Gasteiger charge is -2.15. The van der Waals surface area contributed by atoms with Gasteiger partial charge in [0.1, 0.15) is 0 Å². The molecule has 0 aliphatic carbocycles. The van der Waals surface area contributed by atoms with Crippen molar-refractivity contribution in [3.8, 4) is 56.4 Å². The van der Waals surface area contributed by atoms with Crippen molar-refractivity contribution < 1.29 is 0 Å². The third-order valence-electron chi connectivity index (χ3n) is 11.6. The summed E-state index contributed by atoms with van der Waals surface area (Å²) in [5.41, 5.74) is 16.9. The summed E-state index contributed by atoms with van der Waals surface area (Å²) in [6.07, 6.45) is 0. The molecule has 11 aromatic rings. The average molecular weight is 743 g/mol. The van der Waals surface area contributed by atoms with Crippen molar-refractivity contribution in [1.29, 1.82) is 0 Å². The van der Waals surface area contributed by atoms with E-state index in [9.17, 15) is 0 Å². The first-order chi connectivity index (χ1) is 28.6. The predicted molar refractivity (Wildman–Crippen MR) is 242 cm³/mol. The maximum atomic E-state index is 5.14. The Morgan fingerprint density at radius 3 is 1.40 bits per heavy atom. The van der Waals surface area contributed by atoms with Crippen LogP contribution in [0, 0.1) is 13.8 Å². The van der Waals surface area contributed by atoms with Gasteiger partial charge in [0.15, 0.2) is 5.82 Å². The van der Waals surface area contributed by atoms with Crippen LogP contribution < -0.4 is 0 Å². The van der Waals surface area contributed by atoms with E-state index in [1.165, 1.54) is 65.9 Å².